The summed E-state index contributed by atoms with van der Waals surface area (Å²) < 4.78 is 11.7. The maximum absolute atomic E-state index is 9.76. The smallest absolute Gasteiger partial charge is 0.129 e. The maximum Gasteiger partial charge on any atom is 0.129 e. The largest absolute Gasteiger partial charge is 0.467 e. The van der Waals surface area contributed by atoms with Crippen molar-refractivity contribution in [2.75, 3.05) is 19.7 Å². The number of ether oxygens (including phenoxy) is 1. The van der Waals surface area contributed by atoms with Gasteiger partial charge in [-0.15, -0.1) is 11.3 Å². The molecule has 1 unspecified atom stereocenters. The molecule has 110 valence electrons. The molecule has 0 aliphatic heterocycles. The Labute approximate surface area is 130 Å². The first-order chi connectivity index (χ1) is 9.74. The fourth-order valence-electron chi connectivity index (χ4n) is 1.72. The van der Waals surface area contributed by atoms with E-state index in [0.717, 1.165) is 22.5 Å². The fourth-order valence-corrected chi connectivity index (χ4v) is 3.20. The van der Waals surface area contributed by atoms with E-state index in [9.17, 15) is 5.11 Å². The number of hydrogen-bond donors (Lipinski definition) is 2. The summed E-state index contributed by atoms with van der Waals surface area (Å²) in [5.41, 5.74) is 0. The van der Waals surface area contributed by atoms with Crippen LogP contribution in [0.2, 0.25) is 0 Å². The van der Waals surface area contributed by atoms with Crippen molar-refractivity contribution in [3.05, 3.63) is 45.0 Å². The van der Waals surface area contributed by atoms with Crippen molar-refractivity contribution in [3.63, 3.8) is 0 Å². The highest BCUT2D eigenvalue weighted by Gasteiger charge is 2.05. The predicted octanol–water partition coefficient (Wildman–Crippen LogP) is 2.81. The summed E-state index contributed by atoms with van der Waals surface area (Å²) in [6, 6.07) is 7.83. The van der Waals surface area contributed by atoms with Gasteiger partial charge in [0.15, 0.2) is 0 Å². The van der Waals surface area contributed by atoms with Crippen molar-refractivity contribution >= 4 is 27.3 Å². The number of aliphatic hydroxyl groups is 1. The molecule has 4 nitrogen and oxygen atoms in total. The minimum Gasteiger partial charge on any atom is -0.467 e. The van der Waals surface area contributed by atoms with Gasteiger partial charge in [0, 0.05) is 18.0 Å². The molecular formula is C14H18BrNO3S. The van der Waals surface area contributed by atoms with Crippen LogP contribution in [0, 0.1) is 0 Å². The Morgan fingerprint density at radius 3 is 3.00 bits per heavy atom. The molecule has 0 aliphatic carbocycles. The quantitative estimate of drug-likeness (QED) is 0.676. The molecule has 2 aromatic heterocycles. The van der Waals surface area contributed by atoms with Crippen LogP contribution in [-0.2, 0) is 17.8 Å². The number of thiophene rings is 1. The first-order valence-corrected chi connectivity index (χ1v) is 8.08. The summed E-state index contributed by atoms with van der Waals surface area (Å²) in [6.07, 6.45) is 2.08. The molecule has 0 aromatic carbocycles. The molecule has 0 fully saturated rings. The first-order valence-electron chi connectivity index (χ1n) is 6.47. The minimum absolute atomic E-state index is 0.304. The van der Waals surface area contributed by atoms with Crippen molar-refractivity contribution in [2.45, 2.75) is 19.1 Å². The monoisotopic (exact) mass is 359 g/mol. The second-order valence-electron chi connectivity index (χ2n) is 4.41. The fraction of sp³-hybridized carbons (Fsp3) is 0.429. The number of aliphatic hydroxyl groups excluding tert-OH is 1. The molecule has 20 heavy (non-hydrogen) atoms. The number of nitrogens with one attached hydrogen (secondary N) is 1. The lowest BCUT2D eigenvalue weighted by atomic mass is 10.3. The standard InChI is InChI=1S/C14H18BrNO3S/c15-14-4-3-13(20-14)5-6-16-8-11(17)9-18-10-12-2-1-7-19-12/h1-4,7,11,16-17H,5-6,8-10H2. The Kier molecular flexibility index (Phi) is 6.75. The summed E-state index contributed by atoms with van der Waals surface area (Å²) in [6.45, 7) is 2.08. The summed E-state index contributed by atoms with van der Waals surface area (Å²) in [5.74, 6) is 0.772. The van der Waals surface area contributed by atoms with Crippen LogP contribution in [-0.4, -0.2) is 30.9 Å². The van der Waals surface area contributed by atoms with Gasteiger partial charge in [-0.1, -0.05) is 0 Å². The van der Waals surface area contributed by atoms with Gasteiger partial charge >= 0.3 is 0 Å². The van der Waals surface area contributed by atoms with Gasteiger partial charge in [-0.3, -0.25) is 0 Å². The van der Waals surface area contributed by atoms with E-state index in [0.29, 0.717) is 19.8 Å². The van der Waals surface area contributed by atoms with Crippen molar-refractivity contribution in [1.82, 2.24) is 5.32 Å². The van der Waals surface area contributed by atoms with E-state index in [2.05, 4.69) is 33.4 Å². The summed E-state index contributed by atoms with van der Waals surface area (Å²) in [4.78, 5) is 1.33. The zero-order valence-corrected chi connectivity index (χ0v) is 13.5. The Morgan fingerprint density at radius 1 is 1.40 bits per heavy atom. The van der Waals surface area contributed by atoms with E-state index in [1.807, 2.05) is 12.1 Å². The molecule has 0 bridgehead atoms. The molecule has 0 amide bonds. The van der Waals surface area contributed by atoms with E-state index in [-0.39, 0.29) is 0 Å². The topological polar surface area (TPSA) is 54.6 Å². The van der Waals surface area contributed by atoms with Crippen LogP contribution in [0.4, 0.5) is 0 Å². The van der Waals surface area contributed by atoms with Crippen LogP contribution in [0.5, 0.6) is 0 Å². The van der Waals surface area contributed by atoms with E-state index >= 15 is 0 Å². The second-order valence-corrected chi connectivity index (χ2v) is 6.96. The molecule has 0 spiro atoms. The SMILES string of the molecule is OC(CNCCc1ccc(Br)s1)COCc1ccco1. The number of hydrogen-bond acceptors (Lipinski definition) is 5. The number of rotatable bonds is 9. The van der Waals surface area contributed by atoms with E-state index in [1.54, 1.807) is 17.6 Å². The van der Waals surface area contributed by atoms with Gasteiger partial charge in [0.25, 0.3) is 0 Å². The molecule has 2 rings (SSSR count). The summed E-state index contributed by atoms with van der Waals surface area (Å²) >= 11 is 5.18. The third-order valence-corrected chi connectivity index (χ3v) is 4.38. The zero-order chi connectivity index (χ0) is 14.2. The van der Waals surface area contributed by atoms with E-state index < -0.39 is 6.10 Å². The van der Waals surface area contributed by atoms with Gasteiger partial charge in [-0.2, -0.15) is 0 Å². The van der Waals surface area contributed by atoms with E-state index in [4.69, 9.17) is 9.15 Å². The Hall–Kier alpha value is -0.660. The highest BCUT2D eigenvalue weighted by Crippen LogP contribution is 2.21. The highest BCUT2D eigenvalue weighted by molar-refractivity contribution is 9.11. The maximum atomic E-state index is 9.76. The molecule has 0 saturated heterocycles. The van der Waals surface area contributed by atoms with Gasteiger partial charge in [0.1, 0.15) is 12.4 Å². The Bertz CT molecular complexity index is 486. The molecule has 2 N–H and O–H groups in total. The Balaban J connectivity index is 1.50. The molecule has 2 aromatic rings. The molecule has 0 saturated carbocycles. The van der Waals surface area contributed by atoms with Crippen LogP contribution >= 0.6 is 27.3 Å². The third kappa shape index (κ3) is 5.76. The first kappa shape index (κ1) is 15.7. The lowest BCUT2D eigenvalue weighted by molar-refractivity contribution is 0.0228. The average molecular weight is 360 g/mol. The van der Waals surface area contributed by atoms with Gasteiger partial charge in [-0.05, 0) is 46.6 Å². The second kappa shape index (κ2) is 8.59. The van der Waals surface area contributed by atoms with Crippen LogP contribution in [0.25, 0.3) is 0 Å². The molecule has 6 heteroatoms. The van der Waals surface area contributed by atoms with Gasteiger partial charge < -0.3 is 19.6 Å². The predicted molar refractivity (Wildman–Crippen MR) is 83.0 cm³/mol. The summed E-state index contributed by atoms with van der Waals surface area (Å²) in [5, 5.41) is 13.0. The summed E-state index contributed by atoms with van der Waals surface area (Å²) in [7, 11) is 0. The minimum atomic E-state index is -0.500. The molecule has 2 heterocycles. The van der Waals surface area contributed by atoms with Crippen molar-refractivity contribution in [3.8, 4) is 0 Å². The lowest BCUT2D eigenvalue weighted by Crippen LogP contribution is -2.31. The van der Waals surface area contributed by atoms with Crippen molar-refractivity contribution in [1.29, 1.82) is 0 Å². The number of furan rings is 1. The Morgan fingerprint density at radius 2 is 2.30 bits per heavy atom. The number of halogens is 1. The van der Waals surface area contributed by atoms with Gasteiger partial charge in [-0.25, -0.2) is 0 Å². The zero-order valence-electron chi connectivity index (χ0n) is 11.0. The van der Waals surface area contributed by atoms with Crippen molar-refractivity contribution < 1.29 is 14.3 Å². The van der Waals surface area contributed by atoms with Gasteiger partial charge in [0.2, 0.25) is 0 Å². The average Bonchev–Trinajstić information content (AvgIpc) is 3.06. The van der Waals surface area contributed by atoms with Crippen LogP contribution in [0.15, 0.2) is 38.7 Å². The molecule has 0 aliphatic rings. The highest BCUT2D eigenvalue weighted by atomic mass is 79.9. The molecule has 0 radical (unpaired) electrons. The third-order valence-electron chi connectivity index (χ3n) is 2.69. The van der Waals surface area contributed by atoms with Crippen LogP contribution in [0.1, 0.15) is 10.6 Å². The normalized spacial score (nSPS) is 12.7. The van der Waals surface area contributed by atoms with E-state index in [1.165, 1.54) is 4.88 Å². The van der Waals surface area contributed by atoms with Crippen LogP contribution in [0.3, 0.4) is 0 Å². The van der Waals surface area contributed by atoms with Crippen LogP contribution < -0.4 is 5.32 Å². The van der Waals surface area contributed by atoms with Crippen molar-refractivity contribution in [2.24, 2.45) is 0 Å². The molecule has 1 atom stereocenters. The lowest BCUT2D eigenvalue weighted by Gasteiger charge is -2.11. The van der Waals surface area contributed by atoms with Gasteiger partial charge in [0.05, 0.1) is 22.8 Å². The molecular weight excluding hydrogens is 342 g/mol.